The van der Waals surface area contributed by atoms with Crippen LogP contribution >= 0.6 is 0 Å². The maximum Gasteiger partial charge on any atom is 0.0794 e. The maximum absolute atomic E-state index is 6.09. The molecule has 0 aromatic heterocycles. The Morgan fingerprint density at radius 1 is 1.20 bits per heavy atom. The van der Waals surface area contributed by atoms with E-state index >= 15 is 0 Å². The summed E-state index contributed by atoms with van der Waals surface area (Å²) in [5.74, 6) is 0.334. The molecule has 0 fully saturated rings. The van der Waals surface area contributed by atoms with Crippen molar-refractivity contribution < 1.29 is 0 Å². The van der Waals surface area contributed by atoms with Gasteiger partial charge in [0.05, 0.1) is 5.66 Å². The Labute approximate surface area is 93.7 Å². The van der Waals surface area contributed by atoms with Crippen LogP contribution < -0.4 is 22.9 Å². The van der Waals surface area contributed by atoms with Crippen LogP contribution in [-0.4, -0.2) is 18.2 Å². The van der Waals surface area contributed by atoms with Crippen LogP contribution in [0.25, 0.3) is 0 Å². The third-order valence-corrected chi connectivity index (χ3v) is 3.06. The van der Waals surface area contributed by atoms with Gasteiger partial charge in [0.15, 0.2) is 0 Å². The third kappa shape index (κ3) is 5.47. The number of hydrogen-bond acceptors (Lipinski definition) is 4. The molecule has 2 atom stereocenters. The third-order valence-electron chi connectivity index (χ3n) is 3.06. The van der Waals surface area contributed by atoms with E-state index in [-0.39, 0.29) is 6.04 Å². The summed E-state index contributed by atoms with van der Waals surface area (Å²) in [4.78, 5) is 0. The monoisotopic (exact) mass is 216 g/mol. The van der Waals surface area contributed by atoms with E-state index in [2.05, 4.69) is 13.8 Å². The van der Waals surface area contributed by atoms with E-state index in [1.54, 1.807) is 0 Å². The summed E-state index contributed by atoms with van der Waals surface area (Å²) in [6.45, 7) is 4.92. The molecule has 0 saturated heterocycles. The smallest absolute Gasteiger partial charge is 0.0794 e. The van der Waals surface area contributed by atoms with Crippen LogP contribution in [0.3, 0.4) is 0 Å². The highest BCUT2D eigenvalue weighted by Gasteiger charge is 2.30. The second kappa shape index (κ2) is 7.17. The number of unbranched alkanes of at least 4 members (excludes halogenated alkanes) is 1. The van der Waals surface area contributed by atoms with Crippen molar-refractivity contribution in [1.82, 2.24) is 0 Å². The maximum atomic E-state index is 6.09. The summed E-state index contributed by atoms with van der Waals surface area (Å²) in [5, 5.41) is 0. The first kappa shape index (κ1) is 14.8. The summed E-state index contributed by atoms with van der Waals surface area (Å²) >= 11 is 0. The van der Waals surface area contributed by atoms with Gasteiger partial charge in [0.25, 0.3) is 0 Å². The van der Waals surface area contributed by atoms with Gasteiger partial charge in [0, 0.05) is 6.04 Å². The Morgan fingerprint density at radius 3 is 2.27 bits per heavy atom. The molecule has 0 aliphatic heterocycles. The van der Waals surface area contributed by atoms with Crippen LogP contribution in [-0.2, 0) is 0 Å². The first-order valence-corrected chi connectivity index (χ1v) is 5.99. The van der Waals surface area contributed by atoms with Crippen LogP contribution in [0.2, 0.25) is 0 Å². The van der Waals surface area contributed by atoms with Crippen LogP contribution in [0.15, 0.2) is 0 Å². The van der Waals surface area contributed by atoms with E-state index in [1.165, 1.54) is 0 Å². The fraction of sp³-hybridized carbons (Fsp3) is 1.00. The van der Waals surface area contributed by atoms with Gasteiger partial charge in [-0.2, -0.15) is 0 Å². The molecule has 0 aliphatic rings. The Morgan fingerprint density at radius 2 is 1.80 bits per heavy atom. The lowest BCUT2D eigenvalue weighted by atomic mass is 9.85. The van der Waals surface area contributed by atoms with E-state index in [9.17, 15) is 0 Å². The Balaban J connectivity index is 4.07. The van der Waals surface area contributed by atoms with Gasteiger partial charge in [-0.1, -0.05) is 26.7 Å². The predicted molar refractivity (Wildman–Crippen MR) is 66.1 cm³/mol. The number of nitrogens with two attached hydrogens (primary N) is 4. The zero-order valence-electron chi connectivity index (χ0n) is 10.2. The minimum Gasteiger partial charge on any atom is -0.330 e. The van der Waals surface area contributed by atoms with Crippen molar-refractivity contribution in [2.45, 2.75) is 57.7 Å². The van der Waals surface area contributed by atoms with Crippen molar-refractivity contribution in [3.8, 4) is 0 Å². The quantitative estimate of drug-likeness (QED) is 0.443. The highest BCUT2D eigenvalue weighted by molar-refractivity contribution is 4.91. The molecule has 92 valence electrons. The lowest BCUT2D eigenvalue weighted by molar-refractivity contribution is 0.248. The first-order chi connectivity index (χ1) is 6.95. The van der Waals surface area contributed by atoms with E-state index in [4.69, 9.17) is 22.9 Å². The average Bonchev–Trinajstić information content (AvgIpc) is 2.21. The van der Waals surface area contributed by atoms with Gasteiger partial charge in [-0.05, 0) is 31.7 Å². The Bertz CT molecular complexity index is 159. The van der Waals surface area contributed by atoms with Crippen molar-refractivity contribution >= 4 is 0 Å². The highest BCUT2D eigenvalue weighted by atomic mass is 15.0. The van der Waals surface area contributed by atoms with Crippen molar-refractivity contribution in [2.75, 3.05) is 6.54 Å². The standard InChI is InChI=1S/C11H28N4/c1-3-4-7-11(14,15)10(13)9(2)6-5-8-12/h9-10H,3-8,12-15H2,1-2H3. The fourth-order valence-corrected chi connectivity index (χ4v) is 1.80. The Hall–Kier alpha value is -0.160. The molecule has 0 spiro atoms. The lowest BCUT2D eigenvalue weighted by Crippen LogP contribution is -2.64. The summed E-state index contributed by atoms with van der Waals surface area (Å²) in [6, 6.07) is -0.143. The molecule has 0 aliphatic carbocycles. The molecule has 8 N–H and O–H groups in total. The largest absolute Gasteiger partial charge is 0.330 e. The van der Waals surface area contributed by atoms with E-state index in [1.807, 2.05) is 0 Å². The van der Waals surface area contributed by atoms with Gasteiger partial charge in [-0.15, -0.1) is 0 Å². The number of hydrogen-bond donors (Lipinski definition) is 4. The van der Waals surface area contributed by atoms with Gasteiger partial charge < -0.3 is 22.9 Å². The van der Waals surface area contributed by atoms with Crippen molar-refractivity contribution in [3.63, 3.8) is 0 Å². The second-order valence-corrected chi connectivity index (χ2v) is 4.65. The molecule has 4 nitrogen and oxygen atoms in total. The SMILES string of the molecule is CCCCC(N)(N)C(N)C(C)CCCN. The molecule has 0 rings (SSSR count). The minimum absolute atomic E-state index is 0.143. The Kier molecular flexibility index (Phi) is 7.09. The molecule has 4 heteroatoms. The molecule has 0 saturated carbocycles. The van der Waals surface area contributed by atoms with Gasteiger partial charge >= 0.3 is 0 Å². The van der Waals surface area contributed by atoms with Crippen LogP contribution in [0, 0.1) is 5.92 Å². The lowest BCUT2D eigenvalue weighted by Gasteiger charge is -2.35. The molecule has 0 bridgehead atoms. The van der Waals surface area contributed by atoms with Crippen molar-refractivity contribution in [1.29, 1.82) is 0 Å². The zero-order chi connectivity index (χ0) is 11.9. The topological polar surface area (TPSA) is 104 Å². The van der Waals surface area contributed by atoms with Crippen LogP contribution in [0.1, 0.15) is 46.0 Å². The predicted octanol–water partition coefficient (Wildman–Crippen LogP) is 0.493. The van der Waals surface area contributed by atoms with Gasteiger partial charge in [-0.25, -0.2) is 0 Å². The summed E-state index contributed by atoms with van der Waals surface area (Å²) in [6.07, 6.45) is 4.90. The first-order valence-electron chi connectivity index (χ1n) is 5.99. The fourth-order valence-electron chi connectivity index (χ4n) is 1.80. The minimum atomic E-state index is -0.732. The second-order valence-electron chi connectivity index (χ2n) is 4.65. The number of rotatable bonds is 8. The molecule has 2 unspecified atom stereocenters. The van der Waals surface area contributed by atoms with Gasteiger partial charge in [0.1, 0.15) is 0 Å². The van der Waals surface area contributed by atoms with Gasteiger partial charge in [-0.3, -0.25) is 0 Å². The highest BCUT2D eigenvalue weighted by Crippen LogP contribution is 2.18. The molecule has 0 amide bonds. The van der Waals surface area contributed by atoms with Crippen LogP contribution in [0.4, 0.5) is 0 Å². The average molecular weight is 216 g/mol. The summed E-state index contributed by atoms with van der Waals surface area (Å²) in [7, 11) is 0. The van der Waals surface area contributed by atoms with Gasteiger partial charge in [0.2, 0.25) is 0 Å². The molecule has 0 heterocycles. The van der Waals surface area contributed by atoms with E-state index < -0.39 is 5.66 Å². The summed E-state index contributed by atoms with van der Waals surface area (Å²) in [5.41, 5.74) is 22.9. The molecule has 0 radical (unpaired) electrons. The van der Waals surface area contributed by atoms with Crippen molar-refractivity contribution in [3.05, 3.63) is 0 Å². The molecular formula is C11H28N4. The normalized spacial score (nSPS) is 16.4. The van der Waals surface area contributed by atoms with E-state index in [0.29, 0.717) is 12.5 Å². The van der Waals surface area contributed by atoms with Crippen molar-refractivity contribution in [2.24, 2.45) is 28.9 Å². The summed E-state index contributed by atoms with van der Waals surface area (Å²) < 4.78 is 0. The zero-order valence-corrected chi connectivity index (χ0v) is 10.2. The molecule has 15 heavy (non-hydrogen) atoms. The molecule has 0 aromatic carbocycles. The molecule has 0 aromatic rings. The molecular weight excluding hydrogens is 188 g/mol. The van der Waals surface area contributed by atoms with E-state index in [0.717, 1.165) is 32.1 Å². The van der Waals surface area contributed by atoms with Crippen LogP contribution in [0.5, 0.6) is 0 Å².